The zero-order chi connectivity index (χ0) is 22.5. The van der Waals surface area contributed by atoms with Crippen LogP contribution in [0.2, 0.25) is 0 Å². The van der Waals surface area contributed by atoms with E-state index in [1.807, 2.05) is 66.7 Å². The summed E-state index contributed by atoms with van der Waals surface area (Å²) in [4.78, 5) is 12.5. The van der Waals surface area contributed by atoms with Crippen LogP contribution in [0.4, 0.5) is 0 Å². The molecule has 6 nitrogen and oxygen atoms in total. The first kappa shape index (κ1) is 20.8. The van der Waals surface area contributed by atoms with Crippen molar-refractivity contribution in [3.63, 3.8) is 0 Å². The monoisotopic (exact) mass is 439 g/mol. The van der Waals surface area contributed by atoms with E-state index in [2.05, 4.69) is 27.6 Å². The fourth-order valence-electron chi connectivity index (χ4n) is 3.86. The lowest BCUT2D eigenvalue weighted by Gasteiger charge is -2.18. The largest absolute Gasteiger partial charge is 0.486 e. The lowest BCUT2D eigenvalue weighted by atomic mass is 10.1. The molecule has 1 aromatic heterocycles. The number of nitrogens with one attached hydrogen (secondary N) is 2. The molecule has 1 amide bonds. The smallest absolute Gasteiger partial charge is 0.251 e. The van der Waals surface area contributed by atoms with E-state index in [9.17, 15) is 4.79 Å². The highest BCUT2D eigenvalue weighted by molar-refractivity contribution is 5.94. The van der Waals surface area contributed by atoms with E-state index >= 15 is 0 Å². The second kappa shape index (κ2) is 9.61. The number of ether oxygens (including phenoxy) is 2. The molecule has 0 bridgehead atoms. The van der Waals surface area contributed by atoms with Crippen LogP contribution in [-0.2, 0) is 6.42 Å². The highest BCUT2D eigenvalue weighted by Crippen LogP contribution is 2.34. The third kappa shape index (κ3) is 4.90. The SMILES string of the molecule is O=C(NCCCc1ccccc1)c1ccc(-c2cc(-c3ccc4c(c3)OCCO4)n[nH]2)cc1. The van der Waals surface area contributed by atoms with Gasteiger partial charge >= 0.3 is 0 Å². The van der Waals surface area contributed by atoms with Crippen molar-refractivity contribution >= 4 is 5.91 Å². The van der Waals surface area contributed by atoms with Crippen molar-refractivity contribution in [3.8, 4) is 34.0 Å². The van der Waals surface area contributed by atoms with Gasteiger partial charge < -0.3 is 14.8 Å². The third-order valence-electron chi connectivity index (χ3n) is 5.64. The summed E-state index contributed by atoms with van der Waals surface area (Å²) in [6.07, 6.45) is 1.86. The Balaban J connectivity index is 1.19. The minimum atomic E-state index is -0.0591. The molecular weight excluding hydrogens is 414 g/mol. The van der Waals surface area contributed by atoms with Gasteiger partial charge in [0.2, 0.25) is 0 Å². The molecule has 2 N–H and O–H groups in total. The van der Waals surface area contributed by atoms with Gasteiger partial charge in [0.25, 0.3) is 5.91 Å². The van der Waals surface area contributed by atoms with Gasteiger partial charge in [0.05, 0.1) is 11.4 Å². The summed E-state index contributed by atoms with van der Waals surface area (Å²) >= 11 is 0. The third-order valence-corrected chi connectivity index (χ3v) is 5.64. The van der Waals surface area contributed by atoms with Gasteiger partial charge in [0.1, 0.15) is 13.2 Å². The molecule has 1 aliphatic rings. The zero-order valence-electron chi connectivity index (χ0n) is 18.2. The second-order valence-corrected chi connectivity index (χ2v) is 7.95. The van der Waals surface area contributed by atoms with Crippen LogP contribution in [0.1, 0.15) is 22.3 Å². The number of nitrogens with zero attached hydrogens (tertiary/aromatic N) is 1. The van der Waals surface area contributed by atoms with Crippen molar-refractivity contribution in [2.45, 2.75) is 12.8 Å². The normalized spacial score (nSPS) is 12.4. The number of H-pyrrole nitrogens is 1. The fraction of sp³-hybridized carbons (Fsp3) is 0.185. The Labute approximate surface area is 192 Å². The predicted octanol–water partition coefficient (Wildman–Crippen LogP) is 4.88. The maximum Gasteiger partial charge on any atom is 0.251 e. The van der Waals surface area contributed by atoms with Gasteiger partial charge in [-0.15, -0.1) is 0 Å². The summed E-state index contributed by atoms with van der Waals surface area (Å²) in [5.74, 6) is 1.44. The summed E-state index contributed by atoms with van der Waals surface area (Å²) in [6, 6.07) is 25.7. The van der Waals surface area contributed by atoms with Crippen LogP contribution < -0.4 is 14.8 Å². The molecule has 2 heterocycles. The lowest BCUT2D eigenvalue weighted by Crippen LogP contribution is -2.24. The zero-order valence-corrected chi connectivity index (χ0v) is 18.2. The molecule has 0 unspecified atom stereocenters. The molecule has 6 heteroatoms. The van der Waals surface area contributed by atoms with Gasteiger partial charge in [-0.1, -0.05) is 42.5 Å². The number of rotatable bonds is 7. The highest BCUT2D eigenvalue weighted by Gasteiger charge is 2.14. The molecule has 33 heavy (non-hydrogen) atoms. The maximum atomic E-state index is 12.5. The van der Waals surface area contributed by atoms with E-state index in [0.717, 1.165) is 46.9 Å². The summed E-state index contributed by atoms with van der Waals surface area (Å²) in [5, 5.41) is 10.5. The Morgan fingerprint density at radius 3 is 2.45 bits per heavy atom. The van der Waals surface area contributed by atoms with E-state index in [1.54, 1.807) is 0 Å². The van der Waals surface area contributed by atoms with E-state index in [1.165, 1.54) is 5.56 Å². The van der Waals surface area contributed by atoms with E-state index in [0.29, 0.717) is 25.3 Å². The number of aromatic amines is 1. The van der Waals surface area contributed by atoms with Crippen LogP contribution >= 0.6 is 0 Å². The number of hydrogen-bond donors (Lipinski definition) is 2. The first-order valence-corrected chi connectivity index (χ1v) is 11.1. The van der Waals surface area contributed by atoms with E-state index < -0.39 is 0 Å². The minimum absolute atomic E-state index is 0.0591. The number of aromatic nitrogens is 2. The van der Waals surface area contributed by atoms with Crippen LogP contribution in [0.5, 0.6) is 11.5 Å². The second-order valence-electron chi connectivity index (χ2n) is 7.95. The van der Waals surface area contributed by atoms with Crippen LogP contribution in [0.25, 0.3) is 22.5 Å². The van der Waals surface area contributed by atoms with Crippen molar-refractivity contribution in [3.05, 3.63) is 90.0 Å². The predicted molar refractivity (Wildman–Crippen MR) is 128 cm³/mol. The molecule has 5 rings (SSSR count). The molecule has 0 atom stereocenters. The average molecular weight is 440 g/mol. The van der Waals surface area contributed by atoms with Crippen molar-refractivity contribution in [1.82, 2.24) is 15.5 Å². The average Bonchev–Trinajstić information content (AvgIpc) is 3.37. The topological polar surface area (TPSA) is 76.2 Å². The molecule has 0 fully saturated rings. The Hall–Kier alpha value is -4.06. The fourth-order valence-corrected chi connectivity index (χ4v) is 3.86. The van der Waals surface area contributed by atoms with Crippen molar-refractivity contribution in [2.24, 2.45) is 0 Å². The number of fused-ring (bicyclic) bond motifs is 1. The minimum Gasteiger partial charge on any atom is -0.486 e. The molecule has 0 saturated carbocycles. The molecule has 0 spiro atoms. The molecule has 1 aliphatic heterocycles. The van der Waals surface area contributed by atoms with Crippen LogP contribution in [0, 0.1) is 0 Å². The van der Waals surface area contributed by atoms with Crippen molar-refractivity contribution in [2.75, 3.05) is 19.8 Å². The summed E-state index contributed by atoms with van der Waals surface area (Å²) in [5.41, 5.74) is 5.55. The molecule has 0 saturated heterocycles. The molecule has 0 radical (unpaired) electrons. The first-order valence-electron chi connectivity index (χ1n) is 11.1. The Morgan fingerprint density at radius 2 is 1.64 bits per heavy atom. The molecule has 0 aliphatic carbocycles. The number of benzene rings is 3. The van der Waals surface area contributed by atoms with Gasteiger partial charge in [-0.25, -0.2) is 0 Å². The van der Waals surface area contributed by atoms with Crippen LogP contribution in [0.15, 0.2) is 78.9 Å². The number of aryl methyl sites for hydroxylation is 1. The quantitative estimate of drug-likeness (QED) is 0.403. The number of carbonyl (C=O) groups excluding carboxylic acids is 1. The summed E-state index contributed by atoms with van der Waals surface area (Å²) in [6.45, 7) is 1.77. The number of amides is 1. The van der Waals surface area contributed by atoms with Crippen molar-refractivity contribution in [1.29, 1.82) is 0 Å². The van der Waals surface area contributed by atoms with Gasteiger partial charge in [0, 0.05) is 17.7 Å². The highest BCUT2D eigenvalue weighted by atomic mass is 16.6. The van der Waals surface area contributed by atoms with Gasteiger partial charge in [0.15, 0.2) is 11.5 Å². The number of carbonyl (C=O) groups is 1. The Morgan fingerprint density at radius 1 is 0.879 bits per heavy atom. The molecule has 166 valence electrons. The number of hydrogen-bond acceptors (Lipinski definition) is 4. The summed E-state index contributed by atoms with van der Waals surface area (Å²) < 4.78 is 11.3. The van der Waals surface area contributed by atoms with E-state index in [-0.39, 0.29) is 5.91 Å². The standard InChI is InChI=1S/C27H25N3O3/c31-27(28-14-4-7-19-5-2-1-3-6-19)21-10-8-20(9-11-21)23-18-24(30-29-23)22-12-13-25-26(17-22)33-16-15-32-25/h1-3,5-6,8-13,17-18H,4,7,14-16H2,(H,28,31)(H,29,30). The van der Waals surface area contributed by atoms with Gasteiger partial charge in [-0.2, -0.15) is 5.10 Å². The molecular formula is C27H25N3O3. The first-order chi connectivity index (χ1) is 16.3. The van der Waals surface area contributed by atoms with Crippen molar-refractivity contribution < 1.29 is 14.3 Å². The Kier molecular flexibility index (Phi) is 6.06. The molecule has 3 aromatic carbocycles. The van der Waals surface area contributed by atoms with Gasteiger partial charge in [-0.3, -0.25) is 9.89 Å². The van der Waals surface area contributed by atoms with Gasteiger partial charge in [-0.05, 0) is 60.4 Å². The lowest BCUT2D eigenvalue weighted by molar-refractivity contribution is 0.0953. The molecule has 4 aromatic rings. The van der Waals surface area contributed by atoms with Crippen LogP contribution in [-0.4, -0.2) is 35.9 Å². The summed E-state index contributed by atoms with van der Waals surface area (Å²) in [7, 11) is 0. The Bertz CT molecular complexity index is 1230. The van der Waals surface area contributed by atoms with E-state index in [4.69, 9.17) is 9.47 Å². The van der Waals surface area contributed by atoms with Crippen LogP contribution in [0.3, 0.4) is 0 Å². The maximum absolute atomic E-state index is 12.5.